The lowest BCUT2D eigenvalue weighted by Gasteiger charge is -2.39. The highest BCUT2D eigenvalue weighted by molar-refractivity contribution is 8.14. The molecular weight excluding hydrogens is 292 g/mol. The Morgan fingerprint density at radius 1 is 1.47 bits per heavy atom. The number of aliphatic hydroxyl groups excluding tert-OH is 2. The van der Waals surface area contributed by atoms with Gasteiger partial charge in [0.05, 0.1) is 0 Å². The molecule has 0 aromatic carbocycles. The molecule has 6 atom stereocenters. The Kier molecular flexibility index (Phi) is 3.96. The lowest BCUT2D eigenvalue weighted by Crippen LogP contribution is -2.59. The predicted molar refractivity (Wildman–Crippen MR) is 59.5 cm³/mol. The molecule has 2 aliphatic heterocycles. The zero-order chi connectivity index (χ0) is 14.4. The molecule has 2 heterocycles. The second-order valence-electron chi connectivity index (χ2n) is 4.18. The summed E-state index contributed by atoms with van der Waals surface area (Å²) in [4.78, 5) is 3.86. The topological polar surface area (TPSA) is 74.1 Å². The van der Waals surface area contributed by atoms with Crippen LogP contribution in [0.2, 0.25) is 0 Å². The fourth-order valence-electron chi connectivity index (χ4n) is 1.93. The Morgan fingerprint density at radius 3 is 2.63 bits per heavy atom. The summed E-state index contributed by atoms with van der Waals surface area (Å²) in [5.41, 5.74) is -0.997. The van der Waals surface area contributed by atoms with E-state index in [9.17, 15) is 22.7 Å². The number of aliphatic imine (C=N–C) groups is 1. The first-order valence-electron chi connectivity index (χ1n) is 5.40. The number of nitrogens with one attached hydrogen (secondary N) is 1. The fourth-order valence-corrected chi connectivity index (χ4v) is 2.98. The summed E-state index contributed by atoms with van der Waals surface area (Å²) in [5.74, 6) is 0. The van der Waals surface area contributed by atoms with Crippen molar-refractivity contribution in [2.75, 3.05) is 7.05 Å². The highest BCUT2D eigenvalue weighted by atomic mass is 32.2. The number of amidine groups is 1. The highest BCUT2D eigenvalue weighted by Gasteiger charge is 2.56. The Labute approximate surface area is 110 Å². The first-order chi connectivity index (χ1) is 8.75. The molecule has 0 amide bonds. The minimum absolute atomic E-state index is 0.312. The van der Waals surface area contributed by atoms with E-state index >= 15 is 0 Å². The second-order valence-corrected chi connectivity index (χ2v) is 5.27. The zero-order valence-electron chi connectivity index (χ0n) is 9.63. The number of hydrogen-bond donors (Lipinski definition) is 3. The van der Waals surface area contributed by atoms with Gasteiger partial charge in [-0.05, 0) is 0 Å². The van der Waals surface area contributed by atoms with Crippen LogP contribution in [0, 0.1) is 0 Å². The third-order valence-corrected chi connectivity index (χ3v) is 4.07. The quantitative estimate of drug-likeness (QED) is 0.596. The molecule has 3 N–H and O–H groups in total. The highest BCUT2D eigenvalue weighted by Crippen LogP contribution is 2.40. The van der Waals surface area contributed by atoms with E-state index in [1.54, 1.807) is 0 Å². The Balaban J connectivity index is 2.16. The van der Waals surface area contributed by atoms with Crippen LogP contribution in [0.1, 0.15) is 0 Å². The summed E-state index contributed by atoms with van der Waals surface area (Å²) in [6, 6.07) is -1.08. The SMILES string of the molecule is CNC1=N[C@@H]2[C@@H](F)[C@H](O)[C@@H]([C@@H](O)C(F)(F)F)O[C@@H]2S1. The van der Waals surface area contributed by atoms with Crippen molar-refractivity contribution in [2.24, 2.45) is 4.99 Å². The van der Waals surface area contributed by atoms with Crippen molar-refractivity contribution in [1.29, 1.82) is 0 Å². The number of thioether (sulfide) groups is 1. The zero-order valence-corrected chi connectivity index (χ0v) is 10.5. The average molecular weight is 304 g/mol. The van der Waals surface area contributed by atoms with Gasteiger partial charge in [-0.25, -0.2) is 4.39 Å². The molecule has 2 aliphatic rings. The van der Waals surface area contributed by atoms with E-state index in [0.29, 0.717) is 5.17 Å². The number of fused-ring (bicyclic) bond motifs is 1. The molecule has 1 saturated heterocycles. The maximum absolute atomic E-state index is 13.9. The summed E-state index contributed by atoms with van der Waals surface area (Å²) in [7, 11) is 1.52. The molecule has 0 unspecified atom stereocenters. The van der Waals surface area contributed by atoms with Crippen LogP contribution in [-0.4, -0.2) is 64.6 Å². The molecule has 1 fully saturated rings. The molecule has 0 spiro atoms. The first kappa shape index (κ1) is 14.8. The van der Waals surface area contributed by atoms with Crippen molar-refractivity contribution < 1.29 is 32.5 Å². The van der Waals surface area contributed by atoms with Crippen molar-refractivity contribution in [3.05, 3.63) is 0 Å². The summed E-state index contributed by atoms with van der Waals surface area (Å²) in [6.45, 7) is 0. The standard InChI is InChI=1S/C9H12F4N2O3S/c1-14-8-15-3-2(10)4(16)5(18-7(3)19-8)6(17)9(11,12)13/h2-7,16-17H,1H3,(H,14,15)/t2-,3-,4+,5+,6-,7-/m1/s1. The second kappa shape index (κ2) is 5.08. The van der Waals surface area contributed by atoms with Crippen LogP contribution in [0.15, 0.2) is 4.99 Å². The van der Waals surface area contributed by atoms with Crippen LogP contribution in [0.4, 0.5) is 17.6 Å². The lowest BCUT2D eigenvalue weighted by molar-refractivity contribution is -0.267. The van der Waals surface area contributed by atoms with Crippen LogP contribution in [0.3, 0.4) is 0 Å². The monoisotopic (exact) mass is 304 g/mol. The Morgan fingerprint density at radius 2 is 2.11 bits per heavy atom. The Hall–Kier alpha value is -0.580. The molecule has 110 valence electrons. The summed E-state index contributed by atoms with van der Waals surface area (Å²) in [6.07, 6.45) is -14.1. The van der Waals surface area contributed by atoms with Gasteiger partial charge < -0.3 is 20.3 Å². The number of alkyl halides is 4. The number of nitrogens with zero attached hydrogens (tertiary/aromatic N) is 1. The first-order valence-corrected chi connectivity index (χ1v) is 6.28. The molecule has 19 heavy (non-hydrogen) atoms. The molecule has 0 radical (unpaired) electrons. The van der Waals surface area contributed by atoms with E-state index in [1.807, 2.05) is 0 Å². The van der Waals surface area contributed by atoms with Crippen LogP contribution in [0.25, 0.3) is 0 Å². The number of rotatable bonds is 1. The van der Waals surface area contributed by atoms with Gasteiger partial charge in [-0.3, -0.25) is 4.99 Å². The molecule has 0 aromatic rings. The molecule has 0 aromatic heterocycles. The number of ether oxygens (including phenoxy) is 1. The minimum atomic E-state index is -4.99. The summed E-state index contributed by atoms with van der Waals surface area (Å²) < 4.78 is 56.1. The van der Waals surface area contributed by atoms with Gasteiger partial charge in [-0.1, -0.05) is 11.8 Å². The Bertz CT molecular complexity index is 381. The molecule has 0 saturated carbocycles. The molecule has 0 bridgehead atoms. The van der Waals surface area contributed by atoms with Gasteiger partial charge in [-0.2, -0.15) is 13.2 Å². The van der Waals surface area contributed by atoms with Gasteiger partial charge in [-0.15, -0.1) is 0 Å². The lowest BCUT2D eigenvalue weighted by atomic mass is 9.96. The van der Waals surface area contributed by atoms with Crippen molar-refractivity contribution >= 4 is 16.9 Å². The number of aliphatic hydroxyl groups is 2. The van der Waals surface area contributed by atoms with E-state index in [4.69, 9.17) is 9.84 Å². The van der Waals surface area contributed by atoms with Gasteiger partial charge in [0.15, 0.2) is 17.4 Å². The van der Waals surface area contributed by atoms with Crippen LogP contribution in [0.5, 0.6) is 0 Å². The van der Waals surface area contributed by atoms with Gasteiger partial charge in [0, 0.05) is 7.05 Å². The van der Waals surface area contributed by atoms with Crippen LogP contribution in [-0.2, 0) is 4.74 Å². The summed E-state index contributed by atoms with van der Waals surface area (Å²) >= 11 is 0.919. The maximum atomic E-state index is 13.9. The normalized spacial score (nSPS) is 40.6. The van der Waals surface area contributed by atoms with E-state index in [0.717, 1.165) is 11.8 Å². The number of hydrogen-bond acceptors (Lipinski definition) is 6. The van der Waals surface area contributed by atoms with Crippen LogP contribution < -0.4 is 5.32 Å². The molecule has 10 heteroatoms. The average Bonchev–Trinajstić information content (AvgIpc) is 2.75. The molecular formula is C9H12F4N2O3S. The van der Waals surface area contributed by atoms with Crippen molar-refractivity contribution in [1.82, 2.24) is 5.32 Å². The van der Waals surface area contributed by atoms with E-state index in [-0.39, 0.29) is 0 Å². The largest absolute Gasteiger partial charge is 0.417 e. The minimum Gasteiger partial charge on any atom is -0.387 e. The van der Waals surface area contributed by atoms with E-state index < -0.39 is 42.1 Å². The third-order valence-electron chi connectivity index (χ3n) is 2.91. The van der Waals surface area contributed by atoms with E-state index in [2.05, 4.69) is 10.3 Å². The maximum Gasteiger partial charge on any atom is 0.417 e. The van der Waals surface area contributed by atoms with E-state index in [1.165, 1.54) is 7.05 Å². The van der Waals surface area contributed by atoms with Crippen molar-refractivity contribution in [3.8, 4) is 0 Å². The van der Waals surface area contributed by atoms with Crippen molar-refractivity contribution in [3.63, 3.8) is 0 Å². The van der Waals surface area contributed by atoms with Gasteiger partial charge in [0.25, 0.3) is 0 Å². The molecule has 5 nitrogen and oxygen atoms in total. The van der Waals surface area contributed by atoms with Crippen LogP contribution >= 0.6 is 11.8 Å². The van der Waals surface area contributed by atoms with Gasteiger partial charge in [0.2, 0.25) is 0 Å². The molecule has 0 aliphatic carbocycles. The third kappa shape index (κ3) is 2.67. The molecule has 2 rings (SSSR count). The van der Waals surface area contributed by atoms with Crippen molar-refractivity contribution in [2.45, 2.75) is 42.1 Å². The van der Waals surface area contributed by atoms with Gasteiger partial charge in [0.1, 0.15) is 23.7 Å². The smallest absolute Gasteiger partial charge is 0.387 e. The predicted octanol–water partition coefficient (Wildman–Crippen LogP) is 0.0243. The van der Waals surface area contributed by atoms with Gasteiger partial charge >= 0.3 is 6.18 Å². The fraction of sp³-hybridized carbons (Fsp3) is 0.889. The summed E-state index contributed by atoms with van der Waals surface area (Å²) in [5, 5.41) is 21.6. The number of halogens is 4.